The van der Waals surface area contributed by atoms with Crippen LogP contribution in [0.1, 0.15) is 51.3 Å². The van der Waals surface area contributed by atoms with Gasteiger partial charge in [0.1, 0.15) is 0 Å². The Morgan fingerprint density at radius 2 is 2.00 bits per heavy atom. The first-order valence-corrected chi connectivity index (χ1v) is 7.35. The molecule has 4 nitrogen and oxygen atoms in total. The molecule has 1 aromatic rings. The van der Waals surface area contributed by atoms with E-state index in [0.29, 0.717) is 17.8 Å². The van der Waals surface area contributed by atoms with Crippen LogP contribution in [0.5, 0.6) is 5.88 Å². The lowest BCUT2D eigenvalue weighted by molar-refractivity contribution is 0.229. The van der Waals surface area contributed by atoms with E-state index < -0.39 is 0 Å². The lowest BCUT2D eigenvalue weighted by atomic mass is 9.78. The van der Waals surface area contributed by atoms with Crippen LogP contribution in [-0.4, -0.2) is 23.9 Å². The van der Waals surface area contributed by atoms with Crippen molar-refractivity contribution < 1.29 is 4.74 Å². The molecule has 1 saturated carbocycles. The Morgan fingerprint density at radius 1 is 1.26 bits per heavy atom. The lowest BCUT2D eigenvalue weighted by Crippen LogP contribution is -2.31. The number of ether oxygens (including phenoxy) is 1. The number of nitrogens with zero attached hydrogens (tertiary/aromatic N) is 2. The van der Waals surface area contributed by atoms with Crippen molar-refractivity contribution in [1.29, 1.82) is 0 Å². The summed E-state index contributed by atoms with van der Waals surface area (Å²) < 4.78 is 5.07. The molecule has 1 fully saturated rings. The van der Waals surface area contributed by atoms with Gasteiger partial charge in [-0.25, -0.2) is 0 Å². The molecule has 1 aliphatic rings. The van der Waals surface area contributed by atoms with E-state index in [-0.39, 0.29) is 0 Å². The maximum Gasteiger partial charge on any atom is 0.233 e. The zero-order valence-electron chi connectivity index (χ0n) is 12.2. The Bertz CT molecular complexity index is 371. The van der Waals surface area contributed by atoms with Gasteiger partial charge >= 0.3 is 0 Å². The third-order valence-electron chi connectivity index (χ3n) is 4.14. The Morgan fingerprint density at radius 3 is 2.53 bits per heavy atom. The van der Waals surface area contributed by atoms with Gasteiger partial charge in [-0.3, -0.25) is 0 Å². The van der Waals surface area contributed by atoms with Crippen LogP contribution in [0.15, 0.2) is 12.1 Å². The number of hydrogen-bond donors (Lipinski definition) is 1. The van der Waals surface area contributed by atoms with Crippen LogP contribution >= 0.6 is 0 Å². The smallest absolute Gasteiger partial charge is 0.233 e. The Labute approximate surface area is 116 Å². The normalized spacial score (nSPS) is 25.0. The van der Waals surface area contributed by atoms with Crippen molar-refractivity contribution in [2.24, 2.45) is 11.8 Å². The van der Waals surface area contributed by atoms with Crippen LogP contribution in [0, 0.1) is 11.8 Å². The molecule has 1 aliphatic carbocycles. The van der Waals surface area contributed by atoms with Crippen molar-refractivity contribution in [1.82, 2.24) is 15.5 Å². The van der Waals surface area contributed by atoms with Gasteiger partial charge in [-0.05, 0) is 37.3 Å². The minimum Gasteiger partial charge on any atom is -0.480 e. The Balaban J connectivity index is 2.09. The molecule has 106 valence electrons. The summed E-state index contributed by atoms with van der Waals surface area (Å²) >= 11 is 0. The highest BCUT2D eigenvalue weighted by Crippen LogP contribution is 2.36. The molecule has 0 aliphatic heterocycles. The maximum absolute atomic E-state index is 5.07. The van der Waals surface area contributed by atoms with E-state index in [1.54, 1.807) is 7.11 Å². The van der Waals surface area contributed by atoms with E-state index in [4.69, 9.17) is 4.74 Å². The predicted molar refractivity (Wildman–Crippen MR) is 76.1 cm³/mol. The second-order valence-electron chi connectivity index (χ2n) is 5.56. The molecule has 19 heavy (non-hydrogen) atoms. The second-order valence-corrected chi connectivity index (χ2v) is 5.56. The van der Waals surface area contributed by atoms with Gasteiger partial charge < -0.3 is 10.1 Å². The zero-order chi connectivity index (χ0) is 13.7. The van der Waals surface area contributed by atoms with E-state index in [9.17, 15) is 0 Å². The summed E-state index contributed by atoms with van der Waals surface area (Å²) in [6.45, 7) is 5.46. The van der Waals surface area contributed by atoms with Crippen molar-refractivity contribution in [3.8, 4) is 5.88 Å². The molecule has 0 saturated heterocycles. The molecule has 0 amide bonds. The molecule has 0 radical (unpaired) electrons. The average molecular weight is 263 g/mol. The molecule has 2 rings (SSSR count). The Kier molecular flexibility index (Phi) is 5.14. The van der Waals surface area contributed by atoms with Crippen molar-refractivity contribution >= 4 is 0 Å². The fourth-order valence-electron chi connectivity index (χ4n) is 2.96. The van der Waals surface area contributed by atoms with Crippen molar-refractivity contribution in [2.45, 2.75) is 45.6 Å². The molecule has 0 bridgehead atoms. The summed E-state index contributed by atoms with van der Waals surface area (Å²) in [5.41, 5.74) is 1.04. The standard InChI is InChI=1S/C15H25N3O/c1-4-16-15(12-7-5-11(2)6-8-12)13-9-10-14(19-3)18-17-13/h9-12,15-16H,4-8H2,1-3H3. The van der Waals surface area contributed by atoms with Gasteiger partial charge in [0, 0.05) is 6.07 Å². The summed E-state index contributed by atoms with van der Waals surface area (Å²) in [6.07, 6.45) is 5.23. The maximum atomic E-state index is 5.07. The fraction of sp³-hybridized carbons (Fsp3) is 0.733. The van der Waals surface area contributed by atoms with Gasteiger partial charge in [0.25, 0.3) is 0 Å². The third kappa shape index (κ3) is 3.66. The van der Waals surface area contributed by atoms with E-state index in [2.05, 4.69) is 29.4 Å². The highest BCUT2D eigenvalue weighted by atomic mass is 16.5. The van der Waals surface area contributed by atoms with Crippen molar-refractivity contribution in [3.05, 3.63) is 17.8 Å². The van der Waals surface area contributed by atoms with Crippen LogP contribution in [-0.2, 0) is 0 Å². The van der Waals surface area contributed by atoms with Crippen molar-refractivity contribution in [2.75, 3.05) is 13.7 Å². The SMILES string of the molecule is CCNC(c1ccc(OC)nn1)C1CCC(C)CC1. The first kappa shape index (κ1) is 14.3. The minimum atomic E-state index is 0.330. The lowest BCUT2D eigenvalue weighted by Gasteiger charge is -2.32. The number of aromatic nitrogens is 2. The number of methoxy groups -OCH3 is 1. The molecular formula is C15H25N3O. The van der Waals surface area contributed by atoms with Crippen LogP contribution in [0.2, 0.25) is 0 Å². The van der Waals surface area contributed by atoms with Gasteiger partial charge in [-0.2, -0.15) is 5.10 Å². The Hall–Kier alpha value is -1.16. The van der Waals surface area contributed by atoms with Gasteiger partial charge in [0.05, 0.1) is 18.8 Å². The van der Waals surface area contributed by atoms with Gasteiger partial charge in [0.2, 0.25) is 5.88 Å². The molecule has 0 spiro atoms. The molecule has 0 aromatic carbocycles. The van der Waals surface area contributed by atoms with Gasteiger partial charge in [-0.15, -0.1) is 5.10 Å². The van der Waals surface area contributed by atoms with Crippen LogP contribution in [0.25, 0.3) is 0 Å². The molecule has 1 aromatic heterocycles. The molecule has 1 heterocycles. The molecule has 1 atom stereocenters. The number of nitrogens with one attached hydrogen (secondary N) is 1. The van der Waals surface area contributed by atoms with Crippen LogP contribution in [0.3, 0.4) is 0 Å². The van der Waals surface area contributed by atoms with Crippen molar-refractivity contribution in [3.63, 3.8) is 0 Å². The highest BCUT2D eigenvalue weighted by molar-refractivity contribution is 5.15. The number of rotatable bonds is 5. The quantitative estimate of drug-likeness (QED) is 0.887. The van der Waals surface area contributed by atoms with E-state index in [1.165, 1.54) is 25.7 Å². The number of hydrogen-bond acceptors (Lipinski definition) is 4. The molecule has 1 unspecified atom stereocenters. The summed E-state index contributed by atoms with van der Waals surface area (Å²) in [6, 6.07) is 4.27. The summed E-state index contributed by atoms with van der Waals surface area (Å²) in [5, 5.41) is 12.0. The van der Waals surface area contributed by atoms with Gasteiger partial charge in [0.15, 0.2) is 0 Å². The summed E-state index contributed by atoms with van der Waals surface area (Å²) in [4.78, 5) is 0. The largest absolute Gasteiger partial charge is 0.480 e. The van der Waals surface area contributed by atoms with Crippen LogP contribution in [0.4, 0.5) is 0 Å². The fourth-order valence-corrected chi connectivity index (χ4v) is 2.96. The molecular weight excluding hydrogens is 238 g/mol. The third-order valence-corrected chi connectivity index (χ3v) is 4.14. The second kappa shape index (κ2) is 6.85. The van der Waals surface area contributed by atoms with E-state index in [1.807, 2.05) is 12.1 Å². The van der Waals surface area contributed by atoms with Gasteiger partial charge in [-0.1, -0.05) is 26.7 Å². The monoisotopic (exact) mass is 263 g/mol. The zero-order valence-corrected chi connectivity index (χ0v) is 12.2. The first-order valence-electron chi connectivity index (χ1n) is 7.35. The molecule has 1 N–H and O–H groups in total. The predicted octanol–water partition coefficient (Wildman–Crippen LogP) is 2.96. The topological polar surface area (TPSA) is 47.0 Å². The summed E-state index contributed by atoms with van der Waals surface area (Å²) in [5.74, 6) is 2.13. The summed E-state index contributed by atoms with van der Waals surface area (Å²) in [7, 11) is 1.62. The minimum absolute atomic E-state index is 0.330. The van der Waals surface area contributed by atoms with E-state index in [0.717, 1.165) is 18.2 Å². The van der Waals surface area contributed by atoms with E-state index >= 15 is 0 Å². The highest BCUT2D eigenvalue weighted by Gasteiger charge is 2.27. The molecule has 4 heteroatoms. The first-order chi connectivity index (χ1) is 9.24. The van der Waals surface area contributed by atoms with Crippen LogP contribution < -0.4 is 10.1 Å². The average Bonchev–Trinajstić information content (AvgIpc) is 2.46.